The molecule has 0 aromatic heterocycles. The zero-order chi connectivity index (χ0) is 11.5. The topological polar surface area (TPSA) is 35.9 Å². The lowest BCUT2D eigenvalue weighted by Crippen LogP contribution is -2.49. The molecule has 16 heavy (non-hydrogen) atoms. The Morgan fingerprint density at radius 2 is 2.12 bits per heavy atom. The van der Waals surface area contributed by atoms with Crippen molar-refractivity contribution >= 4 is 0 Å². The van der Waals surface area contributed by atoms with Crippen LogP contribution in [0.1, 0.15) is 20.3 Å². The molecular formula is C12H24N2O2. The molecule has 2 fully saturated rings. The summed E-state index contributed by atoms with van der Waals surface area (Å²) in [7, 11) is 0. The number of aliphatic hydroxyl groups is 1. The van der Waals surface area contributed by atoms with Crippen molar-refractivity contribution in [1.29, 1.82) is 0 Å². The quantitative estimate of drug-likeness (QED) is 0.746. The Morgan fingerprint density at radius 3 is 2.75 bits per heavy atom. The van der Waals surface area contributed by atoms with Crippen LogP contribution in [0.5, 0.6) is 0 Å². The van der Waals surface area contributed by atoms with E-state index in [9.17, 15) is 5.11 Å². The zero-order valence-electron chi connectivity index (χ0n) is 10.4. The Kier molecular flexibility index (Phi) is 4.19. The Labute approximate surface area is 98.2 Å². The lowest BCUT2D eigenvalue weighted by molar-refractivity contribution is -0.0506. The molecule has 0 amide bonds. The molecule has 2 rings (SSSR count). The summed E-state index contributed by atoms with van der Waals surface area (Å²) in [5.74, 6) is 0. The van der Waals surface area contributed by atoms with E-state index in [1.165, 1.54) is 0 Å². The molecule has 0 spiro atoms. The lowest BCUT2D eigenvalue weighted by atomic mass is 10.2. The van der Waals surface area contributed by atoms with Gasteiger partial charge < -0.3 is 9.84 Å². The minimum atomic E-state index is -0.121. The van der Waals surface area contributed by atoms with Gasteiger partial charge in [0.1, 0.15) is 0 Å². The third kappa shape index (κ3) is 3.17. The van der Waals surface area contributed by atoms with E-state index in [-0.39, 0.29) is 6.10 Å². The first-order valence-electron chi connectivity index (χ1n) is 6.41. The van der Waals surface area contributed by atoms with E-state index < -0.39 is 0 Å². The molecule has 94 valence electrons. The predicted octanol–water partition coefficient (Wildman–Crippen LogP) is 0.162. The number of nitrogens with zero attached hydrogens (tertiary/aromatic N) is 2. The van der Waals surface area contributed by atoms with Gasteiger partial charge in [-0.1, -0.05) is 0 Å². The van der Waals surface area contributed by atoms with E-state index in [4.69, 9.17) is 4.74 Å². The third-order valence-corrected chi connectivity index (χ3v) is 3.61. The maximum absolute atomic E-state index is 9.48. The van der Waals surface area contributed by atoms with Crippen molar-refractivity contribution in [2.24, 2.45) is 0 Å². The van der Waals surface area contributed by atoms with Crippen molar-refractivity contribution in [3.05, 3.63) is 0 Å². The van der Waals surface area contributed by atoms with Crippen LogP contribution in [0.4, 0.5) is 0 Å². The highest BCUT2D eigenvalue weighted by molar-refractivity contribution is 4.81. The van der Waals surface area contributed by atoms with Gasteiger partial charge in [-0.05, 0) is 20.3 Å². The molecule has 0 aromatic carbocycles. The van der Waals surface area contributed by atoms with Crippen molar-refractivity contribution in [2.45, 2.75) is 38.5 Å². The predicted molar refractivity (Wildman–Crippen MR) is 63.5 cm³/mol. The zero-order valence-corrected chi connectivity index (χ0v) is 10.4. The van der Waals surface area contributed by atoms with Gasteiger partial charge in [-0.3, -0.25) is 9.80 Å². The van der Waals surface area contributed by atoms with Gasteiger partial charge in [0.25, 0.3) is 0 Å². The fourth-order valence-corrected chi connectivity index (χ4v) is 2.59. The molecule has 2 aliphatic heterocycles. The van der Waals surface area contributed by atoms with Crippen LogP contribution in [0.3, 0.4) is 0 Å². The fourth-order valence-electron chi connectivity index (χ4n) is 2.59. The number of hydrogen-bond acceptors (Lipinski definition) is 4. The van der Waals surface area contributed by atoms with Crippen LogP contribution in [0.25, 0.3) is 0 Å². The first-order valence-corrected chi connectivity index (χ1v) is 6.41. The van der Waals surface area contributed by atoms with Gasteiger partial charge in [-0.15, -0.1) is 0 Å². The molecule has 2 heterocycles. The second kappa shape index (κ2) is 5.45. The lowest BCUT2D eigenvalue weighted by Gasteiger charge is -2.36. The molecule has 2 atom stereocenters. The molecule has 0 saturated carbocycles. The molecule has 4 nitrogen and oxygen atoms in total. The normalized spacial score (nSPS) is 33.8. The van der Waals surface area contributed by atoms with Gasteiger partial charge in [0.2, 0.25) is 0 Å². The maximum atomic E-state index is 9.48. The highest BCUT2D eigenvalue weighted by Gasteiger charge is 2.27. The minimum absolute atomic E-state index is 0.121. The second-order valence-corrected chi connectivity index (χ2v) is 5.28. The molecule has 0 radical (unpaired) electrons. The highest BCUT2D eigenvalue weighted by atomic mass is 16.5. The number of morpholine rings is 1. The van der Waals surface area contributed by atoms with E-state index in [1.807, 2.05) is 0 Å². The summed E-state index contributed by atoms with van der Waals surface area (Å²) in [5, 5.41) is 9.48. The van der Waals surface area contributed by atoms with Gasteiger partial charge >= 0.3 is 0 Å². The van der Waals surface area contributed by atoms with Gasteiger partial charge in [0, 0.05) is 38.8 Å². The Bertz CT molecular complexity index is 223. The number of rotatable bonds is 3. The van der Waals surface area contributed by atoms with Crippen LogP contribution in [0, 0.1) is 0 Å². The maximum Gasteiger partial charge on any atom is 0.0829 e. The van der Waals surface area contributed by atoms with Crippen LogP contribution in [-0.4, -0.2) is 72.5 Å². The van der Waals surface area contributed by atoms with Crippen molar-refractivity contribution in [1.82, 2.24) is 9.80 Å². The largest absolute Gasteiger partial charge is 0.392 e. The molecule has 1 unspecified atom stereocenters. The average Bonchev–Trinajstić information content (AvgIpc) is 2.64. The molecule has 2 aliphatic rings. The summed E-state index contributed by atoms with van der Waals surface area (Å²) in [5.41, 5.74) is 0. The van der Waals surface area contributed by atoms with Crippen LogP contribution in [0.2, 0.25) is 0 Å². The van der Waals surface area contributed by atoms with E-state index in [1.54, 1.807) is 0 Å². The number of hydrogen-bond donors (Lipinski definition) is 1. The SMILES string of the molecule is CC(C)N1CCOC(CN2CC[C@@H](O)C2)C1. The van der Waals surface area contributed by atoms with E-state index >= 15 is 0 Å². The Hall–Kier alpha value is -0.160. The second-order valence-electron chi connectivity index (χ2n) is 5.28. The van der Waals surface area contributed by atoms with Crippen molar-refractivity contribution in [3.63, 3.8) is 0 Å². The molecule has 2 saturated heterocycles. The number of aliphatic hydroxyl groups excluding tert-OH is 1. The molecule has 1 N–H and O–H groups in total. The molecule has 0 aliphatic carbocycles. The van der Waals surface area contributed by atoms with Crippen LogP contribution in [0.15, 0.2) is 0 Å². The molecule has 0 bridgehead atoms. The first-order chi connectivity index (χ1) is 7.65. The summed E-state index contributed by atoms with van der Waals surface area (Å²) < 4.78 is 5.79. The smallest absolute Gasteiger partial charge is 0.0829 e. The van der Waals surface area contributed by atoms with Crippen LogP contribution in [-0.2, 0) is 4.74 Å². The molecule has 4 heteroatoms. The number of ether oxygens (including phenoxy) is 1. The highest BCUT2D eigenvalue weighted by Crippen LogP contribution is 2.14. The van der Waals surface area contributed by atoms with Crippen LogP contribution >= 0.6 is 0 Å². The van der Waals surface area contributed by atoms with Gasteiger partial charge in [-0.2, -0.15) is 0 Å². The van der Waals surface area contributed by atoms with Crippen molar-refractivity contribution in [2.75, 3.05) is 39.3 Å². The standard InChI is InChI=1S/C12H24N2O2/c1-10(2)14-5-6-16-12(9-14)8-13-4-3-11(15)7-13/h10-12,15H,3-9H2,1-2H3/t11-,12?/m1/s1. The third-order valence-electron chi connectivity index (χ3n) is 3.61. The van der Waals surface area contributed by atoms with Crippen molar-refractivity contribution in [3.8, 4) is 0 Å². The number of likely N-dealkylation sites (tertiary alicyclic amines) is 1. The van der Waals surface area contributed by atoms with E-state index in [0.717, 1.165) is 45.8 Å². The average molecular weight is 228 g/mol. The summed E-state index contributed by atoms with van der Waals surface area (Å²) in [6.45, 7) is 10.2. The van der Waals surface area contributed by atoms with E-state index in [0.29, 0.717) is 12.1 Å². The van der Waals surface area contributed by atoms with Crippen molar-refractivity contribution < 1.29 is 9.84 Å². The minimum Gasteiger partial charge on any atom is -0.392 e. The van der Waals surface area contributed by atoms with Gasteiger partial charge in [-0.25, -0.2) is 0 Å². The summed E-state index contributed by atoms with van der Waals surface area (Å²) in [6.07, 6.45) is 1.12. The Morgan fingerprint density at radius 1 is 1.31 bits per heavy atom. The summed E-state index contributed by atoms with van der Waals surface area (Å²) in [4.78, 5) is 4.79. The summed E-state index contributed by atoms with van der Waals surface area (Å²) >= 11 is 0. The molecule has 0 aromatic rings. The fraction of sp³-hybridized carbons (Fsp3) is 1.00. The first kappa shape index (κ1) is 12.3. The van der Waals surface area contributed by atoms with E-state index in [2.05, 4.69) is 23.6 Å². The van der Waals surface area contributed by atoms with Gasteiger partial charge in [0.05, 0.1) is 18.8 Å². The van der Waals surface area contributed by atoms with Crippen LogP contribution < -0.4 is 0 Å². The number of β-amino-alcohol motifs (C(OH)–C–C–N with tert-alkyl or cyclic N) is 1. The molecular weight excluding hydrogens is 204 g/mol. The Balaban J connectivity index is 1.77. The monoisotopic (exact) mass is 228 g/mol. The summed E-state index contributed by atoms with van der Waals surface area (Å²) in [6, 6.07) is 0.607. The van der Waals surface area contributed by atoms with Gasteiger partial charge in [0.15, 0.2) is 0 Å².